The molecule has 18 heavy (non-hydrogen) atoms. The fraction of sp³-hybridized carbons (Fsp3) is 0.571. The first-order valence-corrected chi connectivity index (χ1v) is 6.54. The van der Waals surface area contributed by atoms with Crippen LogP contribution in [0.25, 0.3) is 0 Å². The summed E-state index contributed by atoms with van der Waals surface area (Å²) in [6.07, 6.45) is 6.26. The van der Waals surface area contributed by atoms with Crippen LogP contribution in [-0.2, 0) is 0 Å². The van der Waals surface area contributed by atoms with Crippen molar-refractivity contribution in [2.45, 2.75) is 45.6 Å². The molecule has 98 valence electrons. The van der Waals surface area contributed by atoms with Gasteiger partial charge in [-0.2, -0.15) is 0 Å². The molecule has 0 saturated heterocycles. The number of carbonyl (C=O) groups is 1. The van der Waals surface area contributed by atoms with Gasteiger partial charge >= 0.3 is 5.97 Å². The number of anilines is 1. The highest BCUT2D eigenvalue weighted by atomic mass is 16.4. The van der Waals surface area contributed by atoms with Crippen LogP contribution in [0.2, 0.25) is 0 Å². The number of hydrogen-bond acceptors (Lipinski definition) is 3. The molecule has 0 aliphatic heterocycles. The summed E-state index contributed by atoms with van der Waals surface area (Å²) < 4.78 is 0. The van der Waals surface area contributed by atoms with E-state index in [1.165, 1.54) is 25.5 Å². The Labute approximate surface area is 107 Å². The lowest BCUT2D eigenvalue weighted by Gasteiger charge is -2.30. The second-order valence-electron chi connectivity index (χ2n) is 5.19. The van der Waals surface area contributed by atoms with Crippen molar-refractivity contribution in [3.05, 3.63) is 23.5 Å². The normalized spacial score (nSPS) is 23.7. The summed E-state index contributed by atoms with van der Waals surface area (Å²) in [5.41, 5.74) is 1.80. The summed E-state index contributed by atoms with van der Waals surface area (Å²) in [7, 11) is 0. The molecule has 4 nitrogen and oxygen atoms in total. The average Bonchev–Trinajstić information content (AvgIpc) is 2.32. The highest BCUT2D eigenvalue weighted by molar-refractivity contribution is 5.93. The molecule has 0 aromatic carbocycles. The molecule has 1 aromatic heterocycles. The molecule has 1 heterocycles. The Bertz CT molecular complexity index is 445. The predicted molar refractivity (Wildman–Crippen MR) is 71.0 cm³/mol. The molecule has 0 amide bonds. The minimum atomic E-state index is -0.923. The molecule has 2 rings (SSSR count). The molecule has 4 heteroatoms. The van der Waals surface area contributed by atoms with Gasteiger partial charge < -0.3 is 10.4 Å². The molecule has 0 bridgehead atoms. The zero-order valence-corrected chi connectivity index (χ0v) is 10.9. The summed E-state index contributed by atoms with van der Waals surface area (Å²) in [4.78, 5) is 15.2. The maximum atomic E-state index is 11.2. The molecule has 1 saturated carbocycles. The Morgan fingerprint density at radius 1 is 1.44 bits per heavy atom. The fourth-order valence-corrected chi connectivity index (χ4v) is 2.58. The van der Waals surface area contributed by atoms with Gasteiger partial charge in [0.15, 0.2) is 0 Å². The van der Waals surface area contributed by atoms with Crippen LogP contribution in [0.15, 0.2) is 12.3 Å². The monoisotopic (exact) mass is 248 g/mol. The summed E-state index contributed by atoms with van der Waals surface area (Å²) in [6.45, 7) is 4.10. The number of carboxylic acid groups (broad SMARTS) is 1. The van der Waals surface area contributed by atoms with Crippen LogP contribution in [0.5, 0.6) is 0 Å². The van der Waals surface area contributed by atoms with Gasteiger partial charge in [0.25, 0.3) is 0 Å². The molecule has 2 unspecified atom stereocenters. The van der Waals surface area contributed by atoms with E-state index >= 15 is 0 Å². The van der Waals surface area contributed by atoms with E-state index in [0.29, 0.717) is 17.6 Å². The van der Waals surface area contributed by atoms with Crippen molar-refractivity contribution in [3.63, 3.8) is 0 Å². The van der Waals surface area contributed by atoms with Crippen LogP contribution >= 0.6 is 0 Å². The number of aromatic carboxylic acids is 1. The van der Waals surface area contributed by atoms with E-state index in [1.54, 1.807) is 0 Å². The van der Waals surface area contributed by atoms with Gasteiger partial charge in [-0.05, 0) is 31.7 Å². The number of nitrogens with one attached hydrogen (secondary N) is 1. The summed E-state index contributed by atoms with van der Waals surface area (Å²) in [5, 5.41) is 12.6. The Morgan fingerprint density at radius 2 is 2.17 bits per heavy atom. The lowest BCUT2D eigenvalue weighted by atomic mass is 9.85. The topological polar surface area (TPSA) is 62.2 Å². The lowest BCUT2D eigenvalue weighted by molar-refractivity contribution is 0.0697. The number of pyridine rings is 1. The number of aryl methyl sites for hydroxylation is 1. The number of aromatic nitrogens is 1. The molecule has 1 aliphatic carbocycles. The van der Waals surface area contributed by atoms with Crippen molar-refractivity contribution >= 4 is 11.7 Å². The van der Waals surface area contributed by atoms with Gasteiger partial charge in [0.1, 0.15) is 5.56 Å². The van der Waals surface area contributed by atoms with Crippen molar-refractivity contribution in [3.8, 4) is 0 Å². The van der Waals surface area contributed by atoms with E-state index < -0.39 is 5.97 Å². The van der Waals surface area contributed by atoms with Crippen LogP contribution in [0.4, 0.5) is 5.69 Å². The van der Waals surface area contributed by atoms with Gasteiger partial charge in [-0.15, -0.1) is 0 Å². The Hall–Kier alpha value is -1.58. The largest absolute Gasteiger partial charge is 0.478 e. The Kier molecular flexibility index (Phi) is 3.84. The molecule has 1 fully saturated rings. The molecular weight excluding hydrogens is 228 g/mol. The van der Waals surface area contributed by atoms with E-state index in [2.05, 4.69) is 17.2 Å². The smallest absolute Gasteiger partial charge is 0.339 e. The summed E-state index contributed by atoms with van der Waals surface area (Å²) in [6, 6.07) is 2.20. The third-order valence-corrected chi connectivity index (χ3v) is 3.72. The van der Waals surface area contributed by atoms with Gasteiger partial charge in [-0.3, -0.25) is 4.98 Å². The van der Waals surface area contributed by atoms with Gasteiger partial charge in [0, 0.05) is 17.9 Å². The highest BCUT2D eigenvalue weighted by Crippen LogP contribution is 2.28. The first kappa shape index (κ1) is 12.9. The third kappa shape index (κ3) is 2.81. The highest BCUT2D eigenvalue weighted by Gasteiger charge is 2.22. The van der Waals surface area contributed by atoms with Crippen LogP contribution in [0.3, 0.4) is 0 Å². The third-order valence-electron chi connectivity index (χ3n) is 3.72. The van der Waals surface area contributed by atoms with E-state index in [9.17, 15) is 9.90 Å². The first-order valence-electron chi connectivity index (χ1n) is 6.54. The van der Waals surface area contributed by atoms with Crippen LogP contribution in [-0.4, -0.2) is 22.1 Å². The van der Waals surface area contributed by atoms with Gasteiger partial charge in [0.05, 0.1) is 5.69 Å². The van der Waals surface area contributed by atoms with E-state index in [4.69, 9.17) is 0 Å². The predicted octanol–water partition coefficient (Wildman–Crippen LogP) is 3.08. The molecule has 2 N–H and O–H groups in total. The van der Waals surface area contributed by atoms with Crippen LogP contribution < -0.4 is 5.32 Å². The minimum absolute atomic E-state index is 0.262. The van der Waals surface area contributed by atoms with E-state index in [1.807, 2.05) is 13.0 Å². The van der Waals surface area contributed by atoms with Gasteiger partial charge in [-0.25, -0.2) is 4.79 Å². The van der Waals surface area contributed by atoms with Gasteiger partial charge in [0.2, 0.25) is 0 Å². The van der Waals surface area contributed by atoms with E-state index in [0.717, 1.165) is 12.1 Å². The standard InChI is InChI=1S/C14H20N2O2/c1-9-5-3-4-6-12(9)16-13-7-10(2)15-8-11(13)14(17)18/h7-9,12H,3-6H2,1-2H3,(H,15,16)(H,17,18). The van der Waals surface area contributed by atoms with Crippen molar-refractivity contribution in [1.29, 1.82) is 0 Å². The average molecular weight is 248 g/mol. The van der Waals surface area contributed by atoms with Crippen molar-refractivity contribution in [2.24, 2.45) is 5.92 Å². The zero-order valence-electron chi connectivity index (χ0n) is 10.9. The van der Waals surface area contributed by atoms with Crippen molar-refractivity contribution < 1.29 is 9.90 Å². The summed E-state index contributed by atoms with van der Waals surface area (Å²) in [5.74, 6) is -0.331. The quantitative estimate of drug-likeness (QED) is 0.863. The second-order valence-corrected chi connectivity index (χ2v) is 5.19. The SMILES string of the molecule is Cc1cc(NC2CCCCC2C)c(C(=O)O)cn1. The fourth-order valence-electron chi connectivity index (χ4n) is 2.58. The number of carboxylic acids is 1. The van der Waals surface area contributed by atoms with Crippen molar-refractivity contribution in [2.75, 3.05) is 5.32 Å². The minimum Gasteiger partial charge on any atom is -0.478 e. The number of nitrogens with zero attached hydrogens (tertiary/aromatic N) is 1. The Balaban J connectivity index is 2.21. The first-order chi connectivity index (χ1) is 8.58. The maximum Gasteiger partial charge on any atom is 0.339 e. The molecule has 2 atom stereocenters. The molecular formula is C14H20N2O2. The molecule has 0 radical (unpaired) electrons. The van der Waals surface area contributed by atoms with Crippen LogP contribution in [0.1, 0.15) is 48.7 Å². The lowest BCUT2D eigenvalue weighted by Crippen LogP contribution is -2.31. The van der Waals surface area contributed by atoms with Crippen LogP contribution in [0, 0.1) is 12.8 Å². The molecule has 1 aliphatic rings. The summed E-state index contributed by atoms with van der Waals surface area (Å²) >= 11 is 0. The number of hydrogen-bond donors (Lipinski definition) is 2. The van der Waals surface area contributed by atoms with E-state index in [-0.39, 0.29) is 5.56 Å². The van der Waals surface area contributed by atoms with Crippen molar-refractivity contribution in [1.82, 2.24) is 4.98 Å². The maximum absolute atomic E-state index is 11.2. The Morgan fingerprint density at radius 3 is 2.83 bits per heavy atom. The van der Waals surface area contributed by atoms with Gasteiger partial charge in [-0.1, -0.05) is 19.8 Å². The zero-order chi connectivity index (χ0) is 13.1. The molecule has 1 aromatic rings. The number of rotatable bonds is 3. The second kappa shape index (κ2) is 5.38. The molecule has 0 spiro atoms.